The maximum Gasteiger partial charge on any atom is 0.419 e. The number of ether oxygens (including phenoxy) is 3. The molecule has 0 bridgehead atoms. The van der Waals surface area contributed by atoms with Crippen LogP contribution < -0.4 is 4.74 Å². The normalized spacial score (nSPS) is 18.6. The Kier molecular flexibility index (Phi) is 6.51. The van der Waals surface area contributed by atoms with E-state index in [0.717, 1.165) is 27.6 Å². The molecule has 2 aromatic carbocycles. The predicted octanol–water partition coefficient (Wildman–Crippen LogP) is 5.02. The molecule has 0 unspecified atom stereocenters. The Morgan fingerprint density at radius 3 is 2.46 bits per heavy atom. The first-order chi connectivity index (χ1) is 18.7. The lowest BCUT2D eigenvalue weighted by atomic mass is 9.98. The van der Waals surface area contributed by atoms with Gasteiger partial charge in [-0.2, -0.15) is 0 Å². The zero-order valence-electron chi connectivity index (χ0n) is 25.3. The average Bonchev–Trinajstić information content (AvgIpc) is 3.34. The summed E-state index contributed by atoms with van der Waals surface area (Å²) in [5.74, 6) is 0.252. The number of aryl methyl sites for hydroxylation is 1. The van der Waals surface area contributed by atoms with E-state index in [1.807, 2.05) is 52.0 Å². The lowest BCUT2D eigenvalue weighted by Gasteiger charge is -2.40. The highest BCUT2D eigenvalue weighted by Gasteiger charge is 2.29. The lowest BCUT2D eigenvalue weighted by molar-refractivity contribution is 0.0542. The largest absolute Gasteiger partial charge is 0.496 e. The van der Waals surface area contributed by atoms with E-state index < -0.39 is 24.6 Å². The average molecular weight is 511 g/mol. The van der Waals surface area contributed by atoms with Crippen molar-refractivity contribution in [3.8, 4) is 5.75 Å². The van der Waals surface area contributed by atoms with Crippen LogP contribution in [-0.2, 0) is 16.0 Å². The van der Waals surface area contributed by atoms with Gasteiger partial charge < -0.3 is 19.1 Å². The highest BCUT2D eigenvalue weighted by atomic mass is 16.6. The van der Waals surface area contributed by atoms with Crippen LogP contribution in [0.3, 0.4) is 0 Å². The van der Waals surface area contributed by atoms with E-state index in [-0.39, 0.29) is 12.6 Å². The number of piperazine rings is 1. The van der Waals surface area contributed by atoms with Crippen LogP contribution in [0.1, 0.15) is 58.0 Å². The van der Waals surface area contributed by atoms with Crippen molar-refractivity contribution in [2.45, 2.75) is 45.9 Å². The Labute approximate surface area is 222 Å². The van der Waals surface area contributed by atoms with E-state index in [9.17, 15) is 9.59 Å². The van der Waals surface area contributed by atoms with Gasteiger partial charge in [-0.1, -0.05) is 12.1 Å². The number of esters is 1. The van der Waals surface area contributed by atoms with Gasteiger partial charge in [0.1, 0.15) is 11.4 Å². The lowest BCUT2D eigenvalue weighted by Crippen LogP contribution is -2.46. The molecule has 0 saturated carbocycles. The monoisotopic (exact) mass is 510 g/mol. The van der Waals surface area contributed by atoms with Crippen LogP contribution in [0.2, 0.25) is 0 Å². The molecule has 0 radical (unpaired) electrons. The molecule has 0 aliphatic carbocycles. The summed E-state index contributed by atoms with van der Waals surface area (Å²) >= 11 is 0. The van der Waals surface area contributed by atoms with Crippen molar-refractivity contribution in [1.82, 2.24) is 14.4 Å². The number of hydrogen-bond donors (Lipinski definition) is 0. The molecule has 198 valence electrons. The molecule has 3 aromatic rings. The fourth-order valence-electron chi connectivity index (χ4n) is 4.86. The summed E-state index contributed by atoms with van der Waals surface area (Å²) in [6.45, 7) is 6.78. The van der Waals surface area contributed by atoms with Crippen LogP contribution in [0, 0.1) is 6.92 Å². The fraction of sp³-hybridized carbons (Fsp3) is 0.448. The van der Waals surface area contributed by atoms with Gasteiger partial charge in [0.15, 0.2) is 0 Å². The molecule has 1 atom stereocenters. The quantitative estimate of drug-likeness (QED) is 0.447. The van der Waals surface area contributed by atoms with E-state index in [0.29, 0.717) is 30.9 Å². The van der Waals surface area contributed by atoms with Crippen LogP contribution in [-0.4, -0.2) is 72.9 Å². The van der Waals surface area contributed by atoms with Gasteiger partial charge in [-0.25, -0.2) is 9.59 Å². The number of methoxy groups -OCH3 is 2. The first-order valence-electron chi connectivity index (χ1n) is 13.8. The van der Waals surface area contributed by atoms with Crippen molar-refractivity contribution in [2.75, 3.05) is 40.8 Å². The number of benzene rings is 2. The van der Waals surface area contributed by atoms with Crippen molar-refractivity contribution < 1.29 is 27.9 Å². The van der Waals surface area contributed by atoms with Gasteiger partial charge in [-0.3, -0.25) is 9.47 Å². The number of nitrogens with zero attached hydrogens (tertiary/aromatic N) is 3. The third-order valence-corrected chi connectivity index (χ3v) is 6.61. The second-order valence-corrected chi connectivity index (χ2v) is 10.3. The molecular weight excluding hydrogens is 470 g/mol. The van der Waals surface area contributed by atoms with Crippen LogP contribution in [0.5, 0.6) is 5.75 Å². The van der Waals surface area contributed by atoms with E-state index in [4.69, 9.17) is 18.3 Å². The summed E-state index contributed by atoms with van der Waals surface area (Å²) in [6, 6.07) is 10.6. The maximum atomic E-state index is 13.0. The third-order valence-electron chi connectivity index (χ3n) is 6.61. The zero-order chi connectivity index (χ0) is 29.4. The van der Waals surface area contributed by atoms with E-state index >= 15 is 0 Å². The van der Waals surface area contributed by atoms with Crippen LogP contribution >= 0.6 is 0 Å². The second-order valence-electron chi connectivity index (χ2n) is 10.3. The van der Waals surface area contributed by atoms with Crippen molar-refractivity contribution >= 4 is 23.0 Å². The molecule has 0 amide bonds. The topological polar surface area (TPSA) is 73.2 Å². The van der Waals surface area contributed by atoms with Gasteiger partial charge >= 0.3 is 12.1 Å². The number of aromatic nitrogens is 1. The minimum absolute atomic E-state index is 0.269. The highest BCUT2D eigenvalue weighted by molar-refractivity contribution is 5.95. The van der Waals surface area contributed by atoms with Crippen LogP contribution in [0.25, 0.3) is 10.9 Å². The predicted molar refractivity (Wildman–Crippen MR) is 143 cm³/mol. The first kappa shape index (κ1) is 22.8. The summed E-state index contributed by atoms with van der Waals surface area (Å²) < 4.78 is 41.8. The van der Waals surface area contributed by atoms with E-state index in [1.165, 1.54) is 16.6 Å². The molecule has 1 aliphatic heterocycles. The number of fused-ring (bicyclic) bond motifs is 1. The molecule has 1 fully saturated rings. The summed E-state index contributed by atoms with van der Waals surface area (Å²) in [6.07, 6.45) is 1.25. The number of hydrogen-bond acceptors (Lipinski definition) is 7. The highest BCUT2D eigenvalue weighted by Crippen LogP contribution is 2.36. The summed E-state index contributed by atoms with van der Waals surface area (Å²) in [7, 11) is 2.95. The maximum absolute atomic E-state index is 13.0. The molecule has 37 heavy (non-hydrogen) atoms. The smallest absolute Gasteiger partial charge is 0.419 e. The van der Waals surface area contributed by atoms with Crippen molar-refractivity contribution in [3.05, 3.63) is 64.8 Å². The number of carbonyl (C=O) groups excluding carboxylic acids is 2. The molecule has 1 aromatic heterocycles. The SMILES string of the molecule is [2H]C([2H])([2H])N1CCN(Cc2c(OC)cc(C)c3c2ccn3C(=O)OC(C)(C)C)[C@H](c2ccc(C(=O)OC)cc2)C1. The van der Waals surface area contributed by atoms with Gasteiger partial charge in [0.05, 0.1) is 25.3 Å². The third kappa shape index (κ3) is 5.65. The molecule has 8 nitrogen and oxygen atoms in total. The summed E-state index contributed by atoms with van der Waals surface area (Å²) in [5.41, 5.74) is 3.17. The Balaban J connectivity index is 1.75. The number of rotatable bonds is 5. The molecule has 0 spiro atoms. The molecule has 4 rings (SSSR count). The van der Waals surface area contributed by atoms with Crippen molar-refractivity contribution in [1.29, 1.82) is 0 Å². The number of carbonyl (C=O) groups is 2. The van der Waals surface area contributed by atoms with E-state index in [2.05, 4.69) is 4.90 Å². The molecule has 0 N–H and O–H groups in total. The van der Waals surface area contributed by atoms with E-state index in [1.54, 1.807) is 25.4 Å². The summed E-state index contributed by atoms with van der Waals surface area (Å²) in [4.78, 5) is 28.7. The Morgan fingerprint density at radius 1 is 1.11 bits per heavy atom. The Bertz CT molecular complexity index is 1390. The fourth-order valence-corrected chi connectivity index (χ4v) is 4.86. The standard InChI is InChI=1S/C29H37N3O5/c1-19-16-25(35-6)23(22-12-13-32(26(19)22)28(34)37-29(2,3)4)17-31-15-14-30(5)18-24(31)20-8-10-21(11-9-20)27(33)36-7/h8-13,16,24H,14-15,17-18H2,1-7H3/t24-/m0/s1/i5D3. The summed E-state index contributed by atoms with van der Waals surface area (Å²) in [5, 5.41) is 0.862. The van der Waals surface area contributed by atoms with Gasteiger partial charge in [-0.15, -0.1) is 0 Å². The zero-order valence-corrected chi connectivity index (χ0v) is 22.3. The first-order valence-corrected chi connectivity index (χ1v) is 12.3. The molecular formula is C29H37N3O5. The van der Waals surface area contributed by atoms with Gasteiger partial charge in [0.25, 0.3) is 0 Å². The number of likely N-dealkylation sites (N-methyl/N-ethyl adjacent to an activating group) is 1. The molecule has 1 aliphatic rings. The van der Waals surface area contributed by atoms with Crippen molar-refractivity contribution in [3.63, 3.8) is 0 Å². The van der Waals surface area contributed by atoms with Gasteiger partial charge in [-0.05, 0) is 70.1 Å². The second kappa shape index (κ2) is 10.6. The van der Waals surface area contributed by atoms with Gasteiger partial charge in [0, 0.05) is 53.5 Å². The Morgan fingerprint density at radius 2 is 1.84 bits per heavy atom. The van der Waals surface area contributed by atoms with Gasteiger partial charge in [0.2, 0.25) is 0 Å². The molecule has 2 heterocycles. The molecule has 8 heteroatoms. The van der Waals surface area contributed by atoms with Crippen molar-refractivity contribution in [2.24, 2.45) is 0 Å². The van der Waals surface area contributed by atoms with Crippen LogP contribution in [0.15, 0.2) is 42.6 Å². The minimum atomic E-state index is -2.23. The van der Waals surface area contributed by atoms with Crippen LogP contribution in [0.4, 0.5) is 4.79 Å². The minimum Gasteiger partial charge on any atom is -0.496 e. The molecule has 1 saturated heterocycles. The Hall–Kier alpha value is -3.36.